The van der Waals surface area contributed by atoms with Gasteiger partial charge in [0.15, 0.2) is 0 Å². The molecule has 98 valence electrons. The van der Waals surface area contributed by atoms with Crippen LogP contribution in [-0.2, 0) is 10.0 Å². The predicted octanol–water partition coefficient (Wildman–Crippen LogP) is 3.39. The Morgan fingerprint density at radius 1 is 1.22 bits per heavy atom. The van der Waals surface area contributed by atoms with Crippen molar-refractivity contribution in [2.24, 2.45) is 0 Å². The molecule has 1 aromatic carbocycles. The van der Waals surface area contributed by atoms with Crippen molar-refractivity contribution in [3.8, 4) is 0 Å². The standard InChI is InChI=1S/C12H13Br2NO2S/c1-9-4-6-10(7-5-9)18(16,17)15-8-2-3-11(15)12(13)14/h3-7,12H,2,8H2,1H3. The van der Waals surface area contributed by atoms with E-state index in [0.29, 0.717) is 11.4 Å². The number of halogens is 2. The number of rotatable bonds is 3. The van der Waals surface area contributed by atoms with Crippen LogP contribution in [0.4, 0.5) is 0 Å². The van der Waals surface area contributed by atoms with Crippen molar-refractivity contribution in [2.45, 2.75) is 22.0 Å². The van der Waals surface area contributed by atoms with Crippen LogP contribution in [0.3, 0.4) is 0 Å². The van der Waals surface area contributed by atoms with Crippen LogP contribution in [0.15, 0.2) is 40.9 Å². The second-order valence-corrected chi connectivity index (χ2v) is 9.03. The highest BCUT2D eigenvalue weighted by atomic mass is 79.9. The Labute approximate surface area is 124 Å². The average molecular weight is 395 g/mol. The summed E-state index contributed by atoms with van der Waals surface area (Å²) in [6.07, 6.45) is 2.67. The molecule has 0 radical (unpaired) electrons. The second kappa shape index (κ2) is 5.35. The third kappa shape index (κ3) is 2.65. The highest BCUT2D eigenvalue weighted by Gasteiger charge is 2.31. The van der Waals surface area contributed by atoms with Gasteiger partial charge in [-0.2, -0.15) is 0 Å². The maximum Gasteiger partial charge on any atom is 0.264 e. The van der Waals surface area contributed by atoms with Crippen LogP contribution < -0.4 is 0 Å². The fraction of sp³-hybridized carbons (Fsp3) is 0.333. The van der Waals surface area contributed by atoms with E-state index in [1.807, 2.05) is 25.1 Å². The lowest BCUT2D eigenvalue weighted by molar-refractivity contribution is 0.500. The summed E-state index contributed by atoms with van der Waals surface area (Å²) in [5.74, 6) is 0. The van der Waals surface area contributed by atoms with Gasteiger partial charge in [-0.1, -0.05) is 55.6 Å². The van der Waals surface area contributed by atoms with E-state index < -0.39 is 10.0 Å². The Hall–Kier alpha value is -0.330. The first-order valence-corrected chi connectivity index (χ1v) is 8.77. The molecule has 3 nitrogen and oxygen atoms in total. The number of aryl methyl sites for hydroxylation is 1. The van der Waals surface area contributed by atoms with Gasteiger partial charge >= 0.3 is 0 Å². The molecule has 0 fully saturated rings. The zero-order chi connectivity index (χ0) is 13.3. The van der Waals surface area contributed by atoms with E-state index >= 15 is 0 Å². The molecule has 1 heterocycles. The topological polar surface area (TPSA) is 37.4 Å². The van der Waals surface area contributed by atoms with E-state index in [-0.39, 0.29) is 3.74 Å². The first kappa shape index (κ1) is 14.1. The molecule has 6 heteroatoms. The second-order valence-electron chi connectivity index (χ2n) is 4.11. The van der Waals surface area contributed by atoms with E-state index in [1.165, 1.54) is 4.31 Å². The normalized spacial score (nSPS) is 16.2. The molecule has 0 saturated carbocycles. The van der Waals surface area contributed by atoms with Crippen molar-refractivity contribution < 1.29 is 8.42 Å². The Bertz CT molecular complexity index is 564. The minimum Gasteiger partial charge on any atom is -0.268 e. The van der Waals surface area contributed by atoms with Crippen LogP contribution >= 0.6 is 31.9 Å². The number of nitrogens with zero attached hydrogens (tertiary/aromatic N) is 1. The van der Waals surface area contributed by atoms with Crippen LogP contribution in [0.5, 0.6) is 0 Å². The van der Waals surface area contributed by atoms with Crippen molar-refractivity contribution in [1.82, 2.24) is 4.31 Å². The lowest BCUT2D eigenvalue weighted by Crippen LogP contribution is -2.30. The van der Waals surface area contributed by atoms with E-state index in [1.54, 1.807) is 12.1 Å². The fourth-order valence-corrected chi connectivity index (χ4v) is 4.53. The number of alkyl halides is 2. The van der Waals surface area contributed by atoms with E-state index in [0.717, 1.165) is 17.7 Å². The van der Waals surface area contributed by atoms with Gasteiger partial charge in [-0.05, 0) is 25.5 Å². The summed E-state index contributed by atoms with van der Waals surface area (Å²) in [4.78, 5) is 0.335. The molecular weight excluding hydrogens is 382 g/mol. The molecule has 0 saturated heterocycles. The Kier molecular flexibility index (Phi) is 4.18. The minimum atomic E-state index is -3.44. The first-order chi connectivity index (χ1) is 8.43. The third-order valence-corrected chi connectivity index (χ3v) is 5.59. The molecule has 18 heavy (non-hydrogen) atoms. The monoisotopic (exact) mass is 393 g/mol. The van der Waals surface area contributed by atoms with Crippen molar-refractivity contribution in [3.05, 3.63) is 41.6 Å². The van der Waals surface area contributed by atoms with Gasteiger partial charge in [0.2, 0.25) is 0 Å². The van der Waals surface area contributed by atoms with Gasteiger partial charge < -0.3 is 0 Å². The van der Waals surface area contributed by atoms with Crippen molar-refractivity contribution >= 4 is 41.9 Å². The predicted molar refractivity (Wildman–Crippen MR) is 79.4 cm³/mol. The van der Waals surface area contributed by atoms with Crippen LogP contribution in [-0.4, -0.2) is 23.0 Å². The third-order valence-electron chi connectivity index (χ3n) is 2.81. The maximum absolute atomic E-state index is 12.5. The quantitative estimate of drug-likeness (QED) is 0.737. The molecule has 1 aliphatic rings. The summed E-state index contributed by atoms with van der Waals surface area (Å²) in [6, 6.07) is 6.92. The number of sulfonamides is 1. The fourth-order valence-electron chi connectivity index (χ4n) is 1.85. The van der Waals surface area contributed by atoms with Crippen LogP contribution in [0.1, 0.15) is 12.0 Å². The smallest absolute Gasteiger partial charge is 0.264 e. The molecule has 0 amide bonds. The average Bonchev–Trinajstić information content (AvgIpc) is 2.79. The summed E-state index contributed by atoms with van der Waals surface area (Å²) in [6.45, 7) is 2.43. The molecule has 0 unspecified atom stereocenters. The zero-order valence-corrected chi connectivity index (χ0v) is 13.8. The van der Waals surface area contributed by atoms with E-state index in [2.05, 4.69) is 31.9 Å². The molecule has 0 spiro atoms. The van der Waals surface area contributed by atoms with Gasteiger partial charge in [-0.15, -0.1) is 0 Å². The van der Waals surface area contributed by atoms with Crippen molar-refractivity contribution in [3.63, 3.8) is 0 Å². The van der Waals surface area contributed by atoms with Gasteiger partial charge in [-0.3, -0.25) is 4.31 Å². The van der Waals surface area contributed by atoms with E-state index in [9.17, 15) is 8.42 Å². The maximum atomic E-state index is 12.5. The Balaban J connectivity index is 2.38. The summed E-state index contributed by atoms with van der Waals surface area (Å²) in [5, 5.41) is 0. The summed E-state index contributed by atoms with van der Waals surface area (Å²) < 4.78 is 26.3. The number of hydrogen-bond acceptors (Lipinski definition) is 2. The largest absolute Gasteiger partial charge is 0.268 e. The molecule has 0 bridgehead atoms. The van der Waals surface area contributed by atoms with Crippen LogP contribution in [0, 0.1) is 6.92 Å². The zero-order valence-electron chi connectivity index (χ0n) is 9.81. The SMILES string of the molecule is Cc1ccc(S(=O)(=O)N2CCC=C2C(Br)Br)cc1. The Morgan fingerprint density at radius 2 is 1.83 bits per heavy atom. The number of hydrogen-bond donors (Lipinski definition) is 0. The highest BCUT2D eigenvalue weighted by Crippen LogP contribution is 2.32. The van der Waals surface area contributed by atoms with Crippen molar-refractivity contribution in [1.29, 1.82) is 0 Å². The lowest BCUT2D eigenvalue weighted by atomic mass is 10.2. The molecule has 0 aromatic heterocycles. The minimum absolute atomic E-state index is 0.146. The van der Waals surface area contributed by atoms with E-state index in [4.69, 9.17) is 0 Å². The number of benzene rings is 1. The lowest BCUT2D eigenvalue weighted by Gasteiger charge is -2.23. The molecule has 0 aliphatic carbocycles. The molecule has 0 atom stereocenters. The Morgan fingerprint density at radius 3 is 2.39 bits per heavy atom. The molecular formula is C12H13Br2NO2S. The molecule has 1 aliphatic heterocycles. The van der Waals surface area contributed by atoms with Crippen LogP contribution in [0.25, 0.3) is 0 Å². The summed E-state index contributed by atoms with van der Waals surface area (Å²) in [5.41, 5.74) is 1.79. The van der Waals surface area contributed by atoms with Gasteiger partial charge in [0, 0.05) is 12.2 Å². The molecule has 0 N–H and O–H groups in total. The first-order valence-electron chi connectivity index (χ1n) is 5.50. The summed E-state index contributed by atoms with van der Waals surface area (Å²) in [7, 11) is -3.44. The van der Waals surface area contributed by atoms with Gasteiger partial charge in [-0.25, -0.2) is 8.42 Å². The van der Waals surface area contributed by atoms with Crippen molar-refractivity contribution in [2.75, 3.05) is 6.54 Å². The molecule has 1 aromatic rings. The van der Waals surface area contributed by atoms with Gasteiger partial charge in [0.25, 0.3) is 10.0 Å². The van der Waals surface area contributed by atoms with Gasteiger partial charge in [0.05, 0.1) is 4.90 Å². The highest BCUT2D eigenvalue weighted by molar-refractivity contribution is 9.24. The number of allylic oxidation sites excluding steroid dienone is 1. The summed E-state index contributed by atoms with van der Waals surface area (Å²) >= 11 is 6.72. The molecule has 2 rings (SSSR count). The van der Waals surface area contributed by atoms with Gasteiger partial charge in [0.1, 0.15) is 3.74 Å². The van der Waals surface area contributed by atoms with Crippen LogP contribution in [0.2, 0.25) is 0 Å².